The monoisotopic (exact) mass is 151 g/mol. The van der Waals surface area contributed by atoms with E-state index < -0.39 is 0 Å². The smallest absolute Gasteiger partial charge is 0.0901 e. The topological polar surface area (TPSA) is 12.4 Å². The van der Waals surface area contributed by atoms with Gasteiger partial charge in [-0.05, 0) is 25.1 Å². The summed E-state index contributed by atoms with van der Waals surface area (Å²) in [6, 6.07) is 0. The van der Waals surface area contributed by atoms with Crippen molar-refractivity contribution in [3.05, 3.63) is 12.2 Å². The molecule has 0 aromatic carbocycles. The van der Waals surface area contributed by atoms with E-state index in [1.807, 2.05) is 0 Å². The van der Waals surface area contributed by atoms with Crippen LogP contribution in [0.3, 0.4) is 0 Å². The van der Waals surface area contributed by atoms with Gasteiger partial charge in [-0.1, -0.05) is 27.4 Å². The first-order valence-corrected chi connectivity index (χ1v) is 4.26. The molecule has 1 nitrogen and oxygen atoms in total. The summed E-state index contributed by atoms with van der Waals surface area (Å²) < 4.78 is 0. The quantitative estimate of drug-likeness (QED) is 0.434. The molecule has 0 radical (unpaired) electrons. The van der Waals surface area contributed by atoms with Crippen molar-refractivity contribution in [3.63, 3.8) is 0 Å². The van der Waals surface area contributed by atoms with Gasteiger partial charge in [0, 0.05) is 5.41 Å². The fourth-order valence-electron chi connectivity index (χ4n) is 2.21. The van der Waals surface area contributed by atoms with E-state index in [0.717, 1.165) is 12.8 Å². The molecule has 62 valence electrons. The van der Waals surface area contributed by atoms with Crippen LogP contribution in [0, 0.1) is 5.41 Å². The summed E-state index contributed by atoms with van der Waals surface area (Å²) in [5.74, 6) is 0. The maximum Gasteiger partial charge on any atom is 0.0901 e. The molecule has 1 aliphatic carbocycles. The molecule has 0 heterocycles. The lowest BCUT2D eigenvalue weighted by atomic mass is 9.97. The summed E-state index contributed by atoms with van der Waals surface area (Å²) in [6.07, 6.45) is 2.17. The molecule has 1 fully saturated rings. The highest BCUT2D eigenvalue weighted by molar-refractivity contribution is 5.52. The molecule has 2 unspecified atom stereocenters. The van der Waals surface area contributed by atoms with Gasteiger partial charge < -0.3 is 0 Å². The van der Waals surface area contributed by atoms with Crippen molar-refractivity contribution < 1.29 is 0 Å². The number of hydrogen-bond donors (Lipinski definition) is 0. The van der Waals surface area contributed by atoms with Crippen molar-refractivity contribution in [2.75, 3.05) is 0 Å². The highest BCUT2D eigenvalue weighted by Crippen LogP contribution is 2.66. The average molecular weight is 151 g/mol. The van der Waals surface area contributed by atoms with Crippen molar-refractivity contribution in [1.82, 2.24) is 0 Å². The standard InChI is InChI=1S/C10H17N/c1-6-9(4)8(3)10(9,7-2)11-5/h3,5-7H2,1-2,4H3. The lowest BCUT2D eigenvalue weighted by Gasteiger charge is -2.12. The zero-order valence-corrected chi connectivity index (χ0v) is 7.78. The molecule has 11 heavy (non-hydrogen) atoms. The van der Waals surface area contributed by atoms with Crippen LogP contribution < -0.4 is 0 Å². The fourth-order valence-corrected chi connectivity index (χ4v) is 2.21. The van der Waals surface area contributed by atoms with E-state index in [2.05, 4.69) is 39.1 Å². The zero-order chi connectivity index (χ0) is 8.70. The third-order valence-corrected chi connectivity index (χ3v) is 3.50. The fraction of sp³-hybridized carbons (Fsp3) is 0.700. The number of aliphatic imine (C=N–C) groups is 1. The van der Waals surface area contributed by atoms with Crippen LogP contribution in [0.2, 0.25) is 0 Å². The van der Waals surface area contributed by atoms with Gasteiger partial charge in [0.05, 0.1) is 5.54 Å². The molecule has 0 bridgehead atoms. The Labute approximate surface area is 69.2 Å². The van der Waals surface area contributed by atoms with Crippen LogP contribution in [-0.2, 0) is 0 Å². The molecule has 2 atom stereocenters. The molecule has 0 amide bonds. The summed E-state index contributed by atoms with van der Waals surface area (Å²) in [6.45, 7) is 14.3. The molecular weight excluding hydrogens is 134 g/mol. The largest absolute Gasteiger partial charge is 0.289 e. The van der Waals surface area contributed by atoms with Gasteiger partial charge in [-0.15, -0.1) is 0 Å². The van der Waals surface area contributed by atoms with Crippen LogP contribution in [0.25, 0.3) is 0 Å². The predicted molar refractivity (Wildman–Crippen MR) is 50.1 cm³/mol. The first-order chi connectivity index (χ1) is 5.09. The molecule has 1 heteroatoms. The van der Waals surface area contributed by atoms with Crippen LogP contribution in [0.5, 0.6) is 0 Å². The highest BCUT2D eigenvalue weighted by atomic mass is 15.0. The van der Waals surface area contributed by atoms with Crippen molar-refractivity contribution in [2.45, 2.75) is 39.2 Å². The lowest BCUT2D eigenvalue weighted by molar-refractivity contribution is 0.434. The van der Waals surface area contributed by atoms with Crippen LogP contribution in [-0.4, -0.2) is 12.3 Å². The van der Waals surface area contributed by atoms with Gasteiger partial charge in [0.25, 0.3) is 0 Å². The van der Waals surface area contributed by atoms with Crippen molar-refractivity contribution >= 4 is 6.72 Å². The highest BCUT2D eigenvalue weighted by Gasteiger charge is 2.65. The Morgan fingerprint density at radius 1 is 1.36 bits per heavy atom. The van der Waals surface area contributed by atoms with Crippen LogP contribution in [0.1, 0.15) is 33.6 Å². The van der Waals surface area contributed by atoms with Crippen molar-refractivity contribution in [3.8, 4) is 0 Å². The van der Waals surface area contributed by atoms with Gasteiger partial charge in [0.15, 0.2) is 0 Å². The Morgan fingerprint density at radius 2 is 1.91 bits per heavy atom. The minimum Gasteiger partial charge on any atom is -0.289 e. The predicted octanol–water partition coefficient (Wildman–Crippen LogP) is 2.82. The van der Waals surface area contributed by atoms with Gasteiger partial charge in [0.2, 0.25) is 0 Å². The van der Waals surface area contributed by atoms with Crippen LogP contribution in [0.15, 0.2) is 17.1 Å². The number of rotatable bonds is 3. The second kappa shape index (κ2) is 2.20. The van der Waals surface area contributed by atoms with Gasteiger partial charge in [-0.3, -0.25) is 4.99 Å². The van der Waals surface area contributed by atoms with Gasteiger partial charge in [0.1, 0.15) is 0 Å². The van der Waals surface area contributed by atoms with Crippen LogP contribution in [0.4, 0.5) is 0 Å². The molecule has 0 saturated heterocycles. The van der Waals surface area contributed by atoms with Gasteiger partial charge in [-0.2, -0.15) is 0 Å². The van der Waals surface area contributed by atoms with E-state index in [0.29, 0.717) is 0 Å². The Hall–Kier alpha value is -0.590. The Bertz CT molecular complexity index is 207. The molecule has 1 saturated carbocycles. The minimum atomic E-state index is 0.0156. The van der Waals surface area contributed by atoms with Crippen molar-refractivity contribution in [1.29, 1.82) is 0 Å². The lowest BCUT2D eigenvalue weighted by Crippen LogP contribution is -2.13. The molecule has 0 aromatic rings. The van der Waals surface area contributed by atoms with E-state index in [1.165, 1.54) is 5.57 Å². The van der Waals surface area contributed by atoms with E-state index in [9.17, 15) is 0 Å². The van der Waals surface area contributed by atoms with E-state index in [1.54, 1.807) is 0 Å². The Kier molecular flexibility index (Phi) is 1.70. The first-order valence-electron chi connectivity index (χ1n) is 4.26. The Morgan fingerprint density at radius 3 is 2.00 bits per heavy atom. The number of nitrogens with zero attached hydrogens (tertiary/aromatic N) is 1. The third-order valence-electron chi connectivity index (χ3n) is 3.50. The summed E-state index contributed by atoms with van der Waals surface area (Å²) in [4.78, 5) is 4.21. The second-order valence-corrected chi connectivity index (χ2v) is 3.54. The SMILES string of the molecule is C=NC1(CC)C(=C)C1(C)CC. The molecule has 0 aromatic heterocycles. The summed E-state index contributed by atoms with van der Waals surface area (Å²) >= 11 is 0. The van der Waals surface area contributed by atoms with Crippen LogP contribution >= 0.6 is 0 Å². The van der Waals surface area contributed by atoms with E-state index in [4.69, 9.17) is 0 Å². The summed E-state index contributed by atoms with van der Waals surface area (Å²) in [5, 5.41) is 0. The molecule has 0 N–H and O–H groups in total. The summed E-state index contributed by atoms with van der Waals surface area (Å²) in [7, 11) is 0. The third kappa shape index (κ3) is 0.688. The van der Waals surface area contributed by atoms with Crippen molar-refractivity contribution in [2.24, 2.45) is 10.4 Å². The average Bonchev–Trinajstić information content (AvgIpc) is 2.52. The summed E-state index contributed by atoms with van der Waals surface area (Å²) in [5.41, 5.74) is 1.52. The molecule has 1 rings (SSSR count). The van der Waals surface area contributed by atoms with Gasteiger partial charge in [-0.25, -0.2) is 0 Å². The number of hydrogen-bond acceptors (Lipinski definition) is 1. The molecule has 1 aliphatic rings. The first kappa shape index (κ1) is 8.51. The van der Waals surface area contributed by atoms with E-state index >= 15 is 0 Å². The van der Waals surface area contributed by atoms with Gasteiger partial charge >= 0.3 is 0 Å². The molecule has 0 spiro atoms. The molecule has 0 aliphatic heterocycles. The molecular formula is C10H17N. The Balaban J connectivity index is 2.94. The zero-order valence-electron chi connectivity index (χ0n) is 7.78. The maximum atomic E-state index is 4.21. The van der Waals surface area contributed by atoms with E-state index in [-0.39, 0.29) is 11.0 Å². The second-order valence-electron chi connectivity index (χ2n) is 3.54. The maximum absolute atomic E-state index is 4.21. The minimum absolute atomic E-state index is 0.0156. The normalized spacial score (nSPS) is 42.3.